The van der Waals surface area contributed by atoms with E-state index in [2.05, 4.69) is 19.2 Å². The van der Waals surface area contributed by atoms with Crippen LogP contribution in [0.3, 0.4) is 0 Å². The van der Waals surface area contributed by atoms with Gasteiger partial charge in [-0.25, -0.2) is 0 Å². The second-order valence-corrected chi connectivity index (χ2v) is 4.59. The van der Waals surface area contributed by atoms with Crippen LogP contribution in [-0.2, 0) is 4.74 Å². The predicted octanol–water partition coefficient (Wildman–Crippen LogP) is 1.55. The highest BCUT2D eigenvalue weighted by Gasteiger charge is 2.40. The number of nitrogens with one attached hydrogen (secondary N) is 1. The SMILES string of the molecule is C[C@@H]1CC2(CCNC2)C[C@H](C)O1. The number of rotatable bonds is 0. The lowest BCUT2D eigenvalue weighted by molar-refractivity contribution is -0.0810. The summed E-state index contributed by atoms with van der Waals surface area (Å²) in [7, 11) is 0. The Morgan fingerprint density at radius 3 is 2.42 bits per heavy atom. The summed E-state index contributed by atoms with van der Waals surface area (Å²) in [6, 6.07) is 0. The molecule has 1 unspecified atom stereocenters. The molecule has 2 heterocycles. The molecule has 0 aromatic rings. The standard InChI is InChI=1S/C10H19NO/c1-8-5-10(3-4-11-7-10)6-9(2)12-8/h8-9,11H,3-7H2,1-2H3/t8-,9+,10?. The van der Waals surface area contributed by atoms with Crippen molar-refractivity contribution in [3.8, 4) is 0 Å². The van der Waals surface area contributed by atoms with E-state index in [9.17, 15) is 0 Å². The first-order chi connectivity index (χ1) is 5.70. The van der Waals surface area contributed by atoms with E-state index in [4.69, 9.17) is 4.74 Å². The van der Waals surface area contributed by atoms with Crippen LogP contribution in [-0.4, -0.2) is 25.3 Å². The predicted molar refractivity (Wildman–Crippen MR) is 49.2 cm³/mol. The molecule has 0 radical (unpaired) electrons. The largest absolute Gasteiger partial charge is 0.376 e. The number of hydrogen-bond acceptors (Lipinski definition) is 2. The molecule has 0 saturated carbocycles. The van der Waals surface area contributed by atoms with E-state index in [1.807, 2.05) is 0 Å². The first-order valence-electron chi connectivity index (χ1n) is 5.06. The van der Waals surface area contributed by atoms with E-state index in [0.29, 0.717) is 17.6 Å². The van der Waals surface area contributed by atoms with Crippen LogP contribution in [0.2, 0.25) is 0 Å². The average molecular weight is 169 g/mol. The minimum atomic E-state index is 0.466. The molecule has 0 aromatic heterocycles. The van der Waals surface area contributed by atoms with Gasteiger partial charge in [-0.2, -0.15) is 0 Å². The van der Waals surface area contributed by atoms with Gasteiger partial charge in [0.1, 0.15) is 0 Å². The Hall–Kier alpha value is -0.0800. The van der Waals surface area contributed by atoms with Crippen LogP contribution >= 0.6 is 0 Å². The van der Waals surface area contributed by atoms with Gasteiger partial charge in [-0.05, 0) is 45.1 Å². The molecule has 1 N–H and O–H groups in total. The van der Waals surface area contributed by atoms with Crippen LogP contribution in [0.4, 0.5) is 0 Å². The van der Waals surface area contributed by atoms with Crippen LogP contribution < -0.4 is 5.32 Å². The molecular weight excluding hydrogens is 150 g/mol. The van der Waals surface area contributed by atoms with Gasteiger partial charge in [-0.3, -0.25) is 0 Å². The maximum atomic E-state index is 5.75. The second kappa shape index (κ2) is 3.00. The summed E-state index contributed by atoms with van der Waals surface area (Å²) in [5.74, 6) is 0. The molecule has 3 atom stereocenters. The van der Waals surface area contributed by atoms with Crippen molar-refractivity contribution in [1.29, 1.82) is 0 Å². The zero-order valence-corrected chi connectivity index (χ0v) is 8.10. The highest BCUT2D eigenvalue weighted by Crippen LogP contribution is 2.40. The van der Waals surface area contributed by atoms with Crippen molar-refractivity contribution in [3.05, 3.63) is 0 Å². The van der Waals surface area contributed by atoms with E-state index in [0.717, 1.165) is 0 Å². The molecule has 2 rings (SSSR count). The molecular formula is C10H19NO. The van der Waals surface area contributed by atoms with Crippen molar-refractivity contribution in [2.24, 2.45) is 5.41 Å². The van der Waals surface area contributed by atoms with Crippen LogP contribution in [0.1, 0.15) is 33.1 Å². The normalized spacial score (nSPS) is 48.5. The Balaban J connectivity index is 2.04. The molecule has 2 heteroatoms. The Morgan fingerprint density at radius 1 is 1.25 bits per heavy atom. The lowest BCUT2D eigenvalue weighted by Gasteiger charge is -2.39. The molecule has 12 heavy (non-hydrogen) atoms. The maximum Gasteiger partial charge on any atom is 0.0556 e. The summed E-state index contributed by atoms with van der Waals surface area (Å²) in [6.45, 7) is 6.83. The van der Waals surface area contributed by atoms with Gasteiger partial charge < -0.3 is 10.1 Å². The molecule has 0 bridgehead atoms. The van der Waals surface area contributed by atoms with E-state index in [1.165, 1.54) is 32.4 Å². The van der Waals surface area contributed by atoms with Crippen molar-refractivity contribution in [1.82, 2.24) is 5.32 Å². The first kappa shape index (κ1) is 8.52. The molecule has 0 aliphatic carbocycles. The average Bonchev–Trinajstić information content (AvgIpc) is 2.33. The van der Waals surface area contributed by atoms with Crippen molar-refractivity contribution in [2.75, 3.05) is 13.1 Å². The summed E-state index contributed by atoms with van der Waals surface area (Å²) in [5, 5.41) is 3.47. The molecule has 2 aliphatic rings. The lowest BCUT2D eigenvalue weighted by atomic mass is 9.75. The highest BCUT2D eigenvalue weighted by molar-refractivity contribution is 4.93. The third kappa shape index (κ3) is 1.50. The van der Waals surface area contributed by atoms with E-state index >= 15 is 0 Å². The fourth-order valence-corrected chi connectivity index (χ4v) is 2.94. The minimum Gasteiger partial charge on any atom is -0.376 e. The zero-order chi connectivity index (χ0) is 8.60. The van der Waals surface area contributed by atoms with Crippen LogP contribution in [0.25, 0.3) is 0 Å². The monoisotopic (exact) mass is 169 g/mol. The van der Waals surface area contributed by atoms with Crippen LogP contribution in [0.15, 0.2) is 0 Å². The first-order valence-corrected chi connectivity index (χ1v) is 5.06. The van der Waals surface area contributed by atoms with Crippen molar-refractivity contribution in [2.45, 2.75) is 45.3 Å². The van der Waals surface area contributed by atoms with E-state index < -0.39 is 0 Å². The number of hydrogen-bond donors (Lipinski definition) is 1. The lowest BCUT2D eigenvalue weighted by Crippen LogP contribution is -2.39. The van der Waals surface area contributed by atoms with Crippen molar-refractivity contribution in [3.63, 3.8) is 0 Å². The van der Waals surface area contributed by atoms with Gasteiger partial charge in [0.25, 0.3) is 0 Å². The molecule has 0 amide bonds. The summed E-state index contributed by atoms with van der Waals surface area (Å²) in [5.41, 5.74) is 0.580. The fraction of sp³-hybridized carbons (Fsp3) is 1.00. The van der Waals surface area contributed by atoms with Gasteiger partial charge >= 0.3 is 0 Å². The van der Waals surface area contributed by atoms with Crippen molar-refractivity contribution >= 4 is 0 Å². The molecule has 2 saturated heterocycles. The molecule has 1 spiro atoms. The third-order valence-corrected chi connectivity index (χ3v) is 3.24. The second-order valence-electron chi connectivity index (χ2n) is 4.59. The quantitative estimate of drug-likeness (QED) is 0.594. The minimum absolute atomic E-state index is 0.466. The van der Waals surface area contributed by atoms with Gasteiger partial charge in [0.15, 0.2) is 0 Å². The van der Waals surface area contributed by atoms with Gasteiger partial charge in [0.05, 0.1) is 12.2 Å². The van der Waals surface area contributed by atoms with Gasteiger partial charge in [-0.15, -0.1) is 0 Å². The smallest absolute Gasteiger partial charge is 0.0556 e. The fourth-order valence-electron chi connectivity index (χ4n) is 2.94. The van der Waals surface area contributed by atoms with Gasteiger partial charge in [-0.1, -0.05) is 0 Å². The van der Waals surface area contributed by atoms with Crippen LogP contribution in [0, 0.1) is 5.41 Å². The molecule has 70 valence electrons. The summed E-state index contributed by atoms with van der Waals surface area (Å²) < 4.78 is 5.75. The topological polar surface area (TPSA) is 21.3 Å². The molecule has 2 nitrogen and oxygen atoms in total. The Labute approximate surface area is 74.7 Å². The third-order valence-electron chi connectivity index (χ3n) is 3.24. The van der Waals surface area contributed by atoms with Gasteiger partial charge in [0.2, 0.25) is 0 Å². The van der Waals surface area contributed by atoms with E-state index in [-0.39, 0.29) is 0 Å². The number of ether oxygens (including phenoxy) is 1. The Morgan fingerprint density at radius 2 is 1.92 bits per heavy atom. The van der Waals surface area contributed by atoms with Gasteiger partial charge in [0, 0.05) is 6.54 Å². The van der Waals surface area contributed by atoms with Crippen LogP contribution in [0.5, 0.6) is 0 Å². The summed E-state index contributed by atoms with van der Waals surface area (Å²) in [4.78, 5) is 0. The summed E-state index contributed by atoms with van der Waals surface area (Å²) in [6.07, 6.45) is 4.79. The molecule has 2 aliphatic heterocycles. The molecule has 2 fully saturated rings. The van der Waals surface area contributed by atoms with E-state index in [1.54, 1.807) is 0 Å². The summed E-state index contributed by atoms with van der Waals surface area (Å²) >= 11 is 0. The highest BCUT2D eigenvalue weighted by atomic mass is 16.5. The Kier molecular flexibility index (Phi) is 2.13. The van der Waals surface area contributed by atoms with Crippen molar-refractivity contribution < 1.29 is 4.74 Å². The molecule has 0 aromatic carbocycles. The zero-order valence-electron chi connectivity index (χ0n) is 8.10. The Bertz CT molecular complexity index is 151. The maximum absolute atomic E-state index is 5.75.